The summed E-state index contributed by atoms with van der Waals surface area (Å²) >= 11 is 0. The van der Waals surface area contributed by atoms with E-state index in [1.165, 1.54) is 12.1 Å². The zero-order valence-corrected chi connectivity index (χ0v) is 16.9. The van der Waals surface area contributed by atoms with Gasteiger partial charge in [0.25, 0.3) is 5.97 Å². The molecule has 0 unspecified atom stereocenters. The molecule has 0 atom stereocenters. The van der Waals surface area contributed by atoms with Gasteiger partial charge in [0, 0.05) is 6.42 Å². The van der Waals surface area contributed by atoms with Crippen molar-refractivity contribution < 1.29 is 27.1 Å². The van der Waals surface area contributed by atoms with Crippen molar-refractivity contribution >= 4 is 10.5 Å². The van der Waals surface area contributed by atoms with E-state index >= 15 is 0 Å². The summed E-state index contributed by atoms with van der Waals surface area (Å²) in [5, 5.41) is 0. The Morgan fingerprint density at radius 1 is 1.04 bits per heavy atom. The normalized spacial score (nSPS) is 13.2. The molecule has 0 aliphatic rings. The number of hydrogen-bond acceptors (Lipinski definition) is 3. The van der Waals surface area contributed by atoms with Gasteiger partial charge in [-0.25, -0.2) is 0 Å². The van der Waals surface area contributed by atoms with Crippen LogP contribution in [0.4, 0.5) is 13.2 Å². The van der Waals surface area contributed by atoms with E-state index in [0.717, 1.165) is 6.07 Å². The van der Waals surface area contributed by atoms with Crippen LogP contribution in [0.1, 0.15) is 51.7 Å². The molecule has 0 radical (unpaired) electrons. The van der Waals surface area contributed by atoms with Crippen LogP contribution in [0.2, 0.25) is 0 Å². The smallest absolute Gasteiger partial charge is 0.380 e. The first-order chi connectivity index (χ1) is 11.1. The third-order valence-electron chi connectivity index (χ3n) is 3.34. The van der Waals surface area contributed by atoms with E-state index in [0.29, 0.717) is 35.3 Å². The van der Waals surface area contributed by atoms with E-state index in [1.54, 1.807) is 6.07 Å². The molecule has 1 aromatic rings. The quantitative estimate of drug-likeness (QED) is 0.492. The van der Waals surface area contributed by atoms with Gasteiger partial charge in [-0.3, -0.25) is 0 Å². The topological polar surface area (TPSA) is 27.7 Å². The maximum Gasteiger partial charge on any atom is 0.416 e. The van der Waals surface area contributed by atoms with E-state index < -0.39 is 17.7 Å². The molecule has 0 bridgehead atoms. The predicted molar refractivity (Wildman–Crippen MR) is 90.6 cm³/mol. The molecule has 1 aromatic carbocycles. The van der Waals surface area contributed by atoms with Crippen molar-refractivity contribution in [2.75, 3.05) is 0 Å². The fraction of sp³-hybridized carbons (Fsp3) is 0.647. The van der Waals surface area contributed by atoms with E-state index in [9.17, 15) is 13.2 Å². The number of halogens is 3. The molecule has 24 heavy (non-hydrogen) atoms. The molecule has 0 aromatic heterocycles. The lowest BCUT2D eigenvalue weighted by Gasteiger charge is -2.36. The molecular formula is C17H27F3O3Si. The average molecular weight is 364 g/mol. The van der Waals surface area contributed by atoms with Gasteiger partial charge in [0.1, 0.15) is 0 Å². The molecular weight excluding hydrogens is 337 g/mol. The van der Waals surface area contributed by atoms with Crippen LogP contribution in [0.3, 0.4) is 0 Å². The Bertz CT molecular complexity index is 494. The Kier molecular flexibility index (Phi) is 7.92. The first kappa shape index (κ1) is 21.2. The molecule has 0 spiro atoms. The van der Waals surface area contributed by atoms with Crippen LogP contribution >= 0.6 is 0 Å². The average Bonchev–Trinajstić information content (AvgIpc) is 2.45. The van der Waals surface area contributed by atoms with Crippen molar-refractivity contribution in [3.8, 4) is 0 Å². The second-order valence-electron chi connectivity index (χ2n) is 6.27. The van der Waals surface area contributed by atoms with Gasteiger partial charge in [0.15, 0.2) is 10.5 Å². The van der Waals surface area contributed by atoms with Gasteiger partial charge in [-0.05, 0) is 52.2 Å². The third kappa shape index (κ3) is 6.92. The van der Waals surface area contributed by atoms with Gasteiger partial charge in [-0.15, -0.1) is 0 Å². The molecule has 0 aliphatic heterocycles. The SMILES string of the molecule is CC(C)OC(CCCc1cccc(C(F)(F)F)c1)(O[SiH3])OC(C)C. The number of benzene rings is 1. The van der Waals surface area contributed by atoms with Crippen molar-refractivity contribution in [2.24, 2.45) is 0 Å². The van der Waals surface area contributed by atoms with Gasteiger partial charge >= 0.3 is 6.18 Å². The molecule has 0 fully saturated rings. The summed E-state index contributed by atoms with van der Waals surface area (Å²) in [5.74, 6) is -1.11. The zero-order chi connectivity index (χ0) is 18.4. The summed E-state index contributed by atoms with van der Waals surface area (Å²) in [4.78, 5) is 0. The van der Waals surface area contributed by atoms with Crippen LogP contribution in [0.25, 0.3) is 0 Å². The molecule has 0 heterocycles. The first-order valence-corrected chi connectivity index (χ1v) is 8.96. The number of aryl methyl sites for hydroxylation is 1. The maximum atomic E-state index is 12.8. The standard InChI is InChI=1S/C17H27F3O3Si/c1-12(2)21-16(23-24,22-13(3)4)10-6-8-14-7-5-9-15(11-14)17(18,19)20/h5,7,9,11-13H,6,8,10H2,1-4,24H3. The zero-order valence-electron chi connectivity index (χ0n) is 14.9. The summed E-state index contributed by atoms with van der Waals surface area (Å²) in [6.07, 6.45) is -2.91. The highest BCUT2D eigenvalue weighted by molar-refractivity contribution is 5.98. The number of hydrogen-bond donors (Lipinski definition) is 0. The van der Waals surface area contributed by atoms with E-state index in [4.69, 9.17) is 13.9 Å². The summed E-state index contributed by atoms with van der Waals surface area (Å²) in [5.41, 5.74) is 0.0171. The highest BCUT2D eigenvalue weighted by atomic mass is 28.2. The van der Waals surface area contributed by atoms with Gasteiger partial charge in [0.2, 0.25) is 0 Å². The minimum absolute atomic E-state index is 0.0775. The molecule has 0 N–H and O–H groups in total. The summed E-state index contributed by atoms with van der Waals surface area (Å²) in [6.45, 7) is 7.58. The summed E-state index contributed by atoms with van der Waals surface area (Å²) in [6, 6.07) is 5.41. The largest absolute Gasteiger partial charge is 0.416 e. The van der Waals surface area contributed by atoms with E-state index in [2.05, 4.69) is 0 Å². The molecule has 0 amide bonds. The predicted octanol–water partition coefficient (Wildman–Crippen LogP) is 3.83. The molecule has 138 valence electrons. The van der Waals surface area contributed by atoms with E-state index in [1.807, 2.05) is 27.7 Å². The van der Waals surface area contributed by atoms with Crippen LogP contribution < -0.4 is 0 Å². The Hall–Kier alpha value is -0.893. The first-order valence-electron chi connectivity index (χ1n) is 8.15. The van der Waals surface area contributed by atoms with Crippen molar-refractivity contribution in [3.05, 3.63) is 35.4 Å². The van der Waals surface area contributed by atoms with Gasteiger partial charge in [-0.1, -0.05) is 18.2 Å². The monoisotopic (exact) mass is 364 g/mol. The lowest BCUT2D eigenvalue weighted by atomic mass is 10.0. The molecule has 1 rings (SSSR count). The van der Waals surface area contributed by atoms with Gasteiger partial charge < -0.3 is 13.9 Å². The molecule has 0 saturated carbocycles. The van der Waals surface area contributed by atoms with Crippen LogP contribution in [0.5, 0.6) is 0 Å². The second kappa shape index (κ2) is 8.99. The summed E-state index contributed by atoms with van der Waals surface area (Å²) in [7, 11) is 0.437. The van der Waals surface area contributed by atoms with Crippen LogP contribution in [-0.2, 0) is 26.5 Å². The molecule has 0 saturated heterocycles. The van der Waals surface area contributed by atoms with Crippen molar-refractivity contribution in [2.45, 2.75) is 71.3 Å². The van der Waals surface area contributed by atoms with Crippen LogP contribution in [0, 0.1) is 0 Å². The van der Waals surface area contributed by atoms with Crippen molar-refractivity contribution in [1.29, 1.82) is 0 Å². The Morgan fingerprint density at radius 2 is 1.62 bits per heavy atom. The lowest BCUT2D eigenvalue weighted by Crippen LogP contribution is -2.42. The van der Waals surface area contributed by atoms with Crippen LogP contribution in [-0.4, -0.2) is 28.7 Å². The Labute approximate surface area is 145 Å². The van der Waals surface area contributed by atoms with Gasteiger partial charge in [-0.2, -0.15) is 13.2 Å². The molecule has 3 nitrogen and oxygen atoms in total. The third-order valence-corrected chi connectivity index (χ3v) is 3.97. The highest BCUT2D eigenvalue weighted by Crippen LogP contribution is 2.30. The van der Waals surface area contributed by atoms with Crippen LogP contribution in [0.15, 0.2) is 24.3 Å². The van der Waals surface area contributed by atoms with E-state index in [-0.39, 0.29) is 12.2 Å². The lowest BCUT2D eigenvalue weighted by molar-refractivity contribution is -0.369. The van der Waals surface area contributed by atoms with Crippen molar-refractivity contribution in [3.63, 3.8) is 0 Å². The second-order valence-corrected chi connectivity index (χ2v) is 6.68. The highest BCUT2D eigenvalue weighted by Gasteiger charge is 2.34. The number of ether oxygens (including phenoxy) is 2. The minimum Gasteiger partial charge on any atom is -0.380 e. The maximum absolute atomic E-state index is 12.8. The summed E-state index contributed by atoms with van der Waals surface area (Å²) < 4.78 is 55.5. The van der Waals surface area contributed by atoms with Gasteiger partial charge in [0.05, 0.1) is 17.8 Å². The minimum atomic E-state index is -4.32. The number of alkyl halides is 3. The number of rotatable bonds is 9. The fourth-order valence-electron chi connectivity index (χ4n) is 2.47. The molecule has 7 heteroatoms. The van der Waals surface area contributed by atoms with Crippen molar-refractivity contribution in [1.82, 2.24) is 0 Å². The fourth-order valence-corrected chi connectivity index (χ4v) is 2.87. The Morgan fingerprint density at radius 3 is 2.08 bits per heavy atom. The molecule has 0 aliphatic carbocycles. The Balaban J connectivity index is 2.74.